The molecule has 1 atom stereocenters. The molecular formula is C90H94N18O9S. The van der Waals surface area contributed by atoms with E-state index in [9.17, 15) is 32.7 Å². The van der Waals surface area contributed by atoms with Gasteiger partial charge in [-0.3, -0.25) is 39.1 Å². The number of hydrogen-bond acceptors (Lipinski definition) is 18. The summed E-state index contributed by atoms with van der Waals surface area (Å²) >= 11 is 0. The number of benzene rings is 4. The molecule has 0 bridgehead atoms. The van der Waals surface area contributed by atoms with E-state index in [0.717, 1.165) is 164 Å². The Morgan fingerprint density at radius 1 is 0.534 bits per heavy atom. The van der Waals surface area contributed by atoms with Crippen LogP contribution in [0.25, 0.3) is 67.4 Å². The third kappa shape index (κ3) is 19.7. The van der Waals surface area contributed by atoms with Crippen LogP contribution in [0.5, 0.6) is 5.75 Å². The number of nitrogens with one attached hydrogen (secondary N) is 4. The third-order valence-corrected chi connectivity index (χ3v) is 23.9. The average Bonchev–Trinajstić information content (AvgIpc) is 1.63. The third-order valence-electron chi connectivity index (χ3n) is 21.9. The second kappa shape index (κ2) is 35.4. The van der Waals surface area contributed by atoms with Gasteiger partial charge in [-0.2, -0.15) is 24.9 Å². The molecular weight excluding hydrogens is 1510 g/mol. The summed E-state index contributed by atoms with van der Waals surface area (Å²) in [5.74, 6) is 0.759. The van der Waals surface area contributed by atoms with E-state index in [1.807, 2.05) is 161 Å². The Bertz CT molecular complexity index is 5860. The smallest absolute Gasteiger partial charge is 0.251 e. The lowest BCUT2D eigenvalue weighted by atomic mass is 9.87. The number of aromatic nitrogens is 12. The van der Waals surface area contributed by atoms with Crippen molar-refractivity contribution in [3.8, 4) is 79.2 Å². The number of hydrogen-bond donors (Lipinski definition) is 5. The molecule has 4 amide bonds. The minimum absolute atomic E-state index is 0.0230. The van der Waals surface area contributed by atoms with Crippen molar-refractivity contribution in [3.05, 3.63) is 258 Å². The Kier molecular flexibility index (Phi) is 24.2. The van der Waals surface area contributed by atoms with Crippen LogP contribution < -0.4 is 26.0 Å². The van der Waals surface area contributed by atoms with Gasteiger partial charge in [0.25, 0.3) is 23.6 Å². The molecule has 0 radical (unpaired) electrons. The van der Waals surface area contributed by atoms with Crippen LogP contribution in [0.2, 0.25) is 0 Å². The van der Waals surface area contributed by atoms with Crippen LogP contribution in [0.15, 0.2) is 196 Å². The van der Waals surface area contributed by atoms with E-state index in [2.05, 4.69) is 67.6 Å². The van der Waals surface area contributed by atoms with E-state index in [-0.39, 0.29) is 35.4 Å². The van der Waals surface area contributed by atoms with Gasteiger partial charge in [0, 0.05) is 162 Å². The molecule has 4 aliphatic carbocycles. The minimum atomic E-state index is -3.25. The van der Waals surface area contributed by atoms with Gasteiger partial charge in [-0.15, -0.1) is 0 Å². The van der Waals surface area contributed by atoms with E-state index < -0.39 is 15.6 Å². The van der Waals surface area contributed by atoms with Crippen LogP contribution in [0, 0.1) is 39.0 Å². The lowest BCUT2D eigenvalue weighted by Crippen LogP contribution is -2.39. The van der Waals surface area contributed by atoms with Crippen molar-refractivity contribution in [1.82, 2.24) is 84.4 Å². The summed E-state index contributed by atoms with van der Waals surface area (Å²) < 4.78 is 44.4. The number of aliphatic hydroxyl groups is 1. The summed E-state index contributed by atoms with van der Waals surface area (Å²) in [5.41, 5.74) is 19.0. The van der Waals surface area contributed by atoms with Crippen LogP contribution in [0.3, 0.4) is 0 Å². The first-order valence-corrected chi connectivity index (χ1v) is 41.6. The van der Waals surface area contributed by atoms with Gasteiger partial charge in [0.15, 0.2) is 0 Å². The largest absolute Gasteiger partial charge is 0.495 e. The van der Waals surface area contributed by atoms with Crippen molar-refractivity contribution < 1.29 is 42.2 Å². The molecule has 5 N–H and O–H groups in total. The van der Waals surface area contributed by atoms with Crippen LogP contribution in [-0.4, -0.2) is 157 Å². The van der Waals surface area contributed by atoms with Gasteiger partial charge in [-0.25, -0.2) is 27.4 Å². The molecule has 6 aliphatic rings. The average molecular weight is 1600 g/mol. The molecule has 6 fully saturated rings. The molecule has 1 unspecified atom stereocenters. The molecule has 28 heteroatoms. The van der Waals surface area contributed by atoms with Crippen LogP contribution in [0.1, 0.15) is 170 Å². The summed E-state index contributed by atoms with van der Waals surface area (Å²) in [7, 11) is -1.64. The number of amides is 4. The Morgan fingerprint density at radius 2 is 0.966 bits per heavy atom. The van der Waals surface area contributed by atoms with E-state index in [1.165, 1.54) is 0 Å². The number of aryl methyl sites for hydroxylation is 4. The van der Waals surface area contributed by atoms with Crippen LogP contribution in [-0.2, 0) is 26.8 Å². The van der Waals surface area contributed by atoms with Crippen LogP contribution >= 0.6 is 0 Å². The molecule has 12 aromatic rings. The Balaban J connectivity index is 0.000000124. The number of nitrogens with zero attached hydrogens (tertiary/aromatic N) is 14. The fraction of sp³-hybridized carbons (Fsp3) is 0.322. The van der Waals surface area contributed by atoms with Crippen LogP contribution in [0.4, 0.5) is 0 Å². The van der Waals surface area contributed by atoms with Crippen molar-refractivity contribution >= 4 is 33.7 Å². The maximum Gasteiger partial charge on any atom is 0.251 e. The molecule has 2 aliphatic heterocycles. The lowest BCUT2D eigenvalue weighted by Gasteiger charge is -2.32. The number of carbonyl (C=O) groups excluding carboxylic acids is 4. The first-order valence-electron chi connectivity index (χ1n) is 40.0. The molecule has 18 rings (SSSR count). The zero-order valence-electron chi connectivity index (χ0n) is 66.8. The van der Waals surface area contributed by atoms with Gasteiger partial charge in [-0.1, -0.05) is 24.3 Å². The molecule has 10 heterocycles. The van der Waals surface area contributed by atoms with Gasteiger partial charge >= 0.3 is 0 Å². The highest BCUT2D eigenvalue weighted by Gasteiger charge is 2.35. The number of methoxy groups -OCH3 is 1. The van der Waals surface area contributed by atoms with E-state index >= 15 is 0 Å². The predicted octanol–water partition coefficient (Wildman–Crippen LogP) is 13.1. The first kappa shape index (κ1) is 80.5. The summed E-state index contributed by atoms with van der Waals surface area (Å²) in [5, 5.41) is 45.4. The summed E-state index contributed by atoms with van der Waals surface area (Å²) in [6, 6.07) is 33.7. The maximum absolute atomic E-state index is 12.5. The molecule has 8 aromatic heterocycles. The highest BCUT2D eigenvalue weighted by molar-refractivity contribution is 7.89. The minimum Gasteiger partial charge on any atom is -0.495 e. The molecule has 118 heavy (non-hydrogen) atoms. The summed E-state index contributed by atoms with van der Waals surface area (Å²) in [6.45, 7) is 11.6. The first-order chi connectivity index (χ1) is 57.1. The number of pyridine rings is 4. The monoisotopic (exact) mass is 1600 g/mol. The fourth-order valence-corrected chi connectivity index (χ4v) is 15.9. The van der Waals surface area contributed by atoms with Crippen molar-refractivity contribution in [2.24, 2.45) is 0 Å². The van der Waals surface area contributed by atoms with Crippen molar-refractivity contribution in [2.75, 3.05) is 32.6 Å². The Hall–Kier alpha value is -12.7. The number of carbonyl (C=O) groups is 4. The normalized spacial score (nSPS) is 16.2. The second-order valence-corrected chi connectivity index (χ2v) is 33.2. The predicted molar refractivity (Wildman–Crippen MR) is 446 cm³/mol. The molecule has 4 aromatic carbocycles. The van der Waals surface area contributed by atoms with Crippen molar-refractivity contribution in [2.45, 2.75) is 154 Å². The molecule has 0 spiro atoms. The van der Waals surface area contributed by atoms with Crippen molar-refractivity contribution in [1.29, 1.82) is 5.26 Å². The Morgan fingerprint density at radius 3 is 1.43 bits per heavy atom. The van der Waals surface area contributed by atoms with E-state index in [1.54, 1.807) is 100.0 Å². The van der Waals surface area contributed by atoms with Gasteiger partial charge in [0.2, 0.25) is 10.0 Å². The summed E-state index contributed by atoms with van der Waals surface area (Å²) in [6.07, 6.45) is 40.0. The summed E-state index contributed by atoms with van der Waals surface area (Å²) in [4.78, 5) is 71.2. The number of imidazole rings is 1. The fourth-order valence-electron chi connectivity index (χ4n) is 14.1. The molecule has 27 nitrogen and oxygen atoms in total. The zero-order chi connectivity index (χ0) is 82.2. The Labute approximate surface area is 685 Å². The van der Waals surface area contributed by atoms with Gasteiger partial charge in [0.05, 0.1) is 115 Å². The van der Waals surface area contributed by atoms with Gasteiger partial charge in [-0.05, 0) is 216 Å². The second-order valence-electron chi connectivity index (χ2n) is 31.1. The number of rotatable bonds is 21. The van der Waals surface area contributed by atoms with E-state index in [0.29, 0.717) is 97.6 Å². The maximum atomic E-state index is 12.5. The quantitative estimate of drug-likeness (QED) is 0.0446. The van der Waals surface area contributed by atoms with E-state index in [4.69, 9.17) is 14.7 Å². The number of sulfonamides is 1. The highest BCUT2D eigenvalue weighted by atomic mass is 32.2. The topological polar surface area (TPSA) is 339 Å². The highest BCUT2D eigenvalue weighted by Crippen LogP contribution is 2.36. The number of ether oxygens (including phenoxy) is 2. The van der Waals surface area contributed by atoms with Crippen molar-refractivity contribution in [3.63, 3.8) is 0 Å². The standard InChI is InChI=1S/C25H29N5O3S.C24H26N4O3.C21H19N5O.C20H20N4O2/c1-17-5-6-19(25(31)28-22-7-8-22)12-24(17)21-14-27-29(16-21)23-11-20(13-26-15-23)18(2)30-9-3-4-10-34(30,32)33;1-16-2-3-17(23(29)27-20-4-5-20)10-22(16)18-12-26-28(15-18)21-11-19(13-25-14-21)24(30)6-8-31-9-7-24;1-14-2-3-16(21(27)25-18-4-5-18)9-20(14)17-11-24-26(13-17)19-8-15(6-7-22)10-23-12-19;1-13-3-4-14(20(25)23-15-5-6-15)7-18(13)19-11-24(12-22-19)16-8-17(26-2)10-21-9-16/h5-6,11-16,18,22H,3-4,7-10H2,1-2H3,(H,28,31);2-3,10-15,20,30H,4-9H2,1H3,(H,27,29);2-3,8-13,18H,4-6H2,1H3,(H,25,27);3-4,7-12,15H,5-6H2,1-2H3,(H,23,25). The zero-order valence-corrected chi connectivity index (χ0v) is 67.6. The molecule has 4 saturated carbocycles. The SMILES string of the molecule is COc1cncc(-n2cnc(-c3cc(C(=O)NC4CC4)ccc3C)c2)c1.Cc1ccc(C(=O)NC2CC2)cc1-c1cnn(-c2cncc(C(C)N3CCCCS3(=O)=O)c2)c1.Cc1ccc(C(=O)NC2CC2)cc1-c1cnn(-c2cncc(C3(O)CCOCC3)c2)c1.Cc1ccc(C(=O)NC2CC2)cc1-c1cnn(-c2cncc(CC#N)c2)c1. The lowest BCUT2D eigenvalue weighted by molar-refractivity contribution is -0.0681. The van der Waals surface area contributed by atoms with Gasteiger partial charge < -0.3 is 40.4 Å². The number of nitriles is 1. The molecule has 604 valence electrons. The van der Waals surface area contributed by atoms with Gasteiger partial charge in [0.1, 0.15) is 5.75 Å². The molecule has 2 saturated heterocycles.